The van der Waals surface area contributed by atoms with Crippen LogP contribution < -0.4 is 4.74 Å². The fourth-order valence-corrected chi connectivity index (χ4v) is 1.56. The maximum absolute atomic E-state index is 11.6. The number of carbonyl (C=O) groups excluding carboxylic acids is 1. The van der Waals surface area contributed by atoms with E-state index in [1.54, 1.807) is 19.1 Å². The molecule has 2 aromatic heterocycles. The molecule has 0 saturated carbocycles. The fraction of sp³-hybridized carbons (Fsp3) is 0.250. The topological polar surface area (TPSA) is 90.1 Å². The molecule has 0 saturated heterocycles. The van der Waals surface area contributed by atoms with Gasteiger partial charge in [0.15, 0.2) is 6.61 Å². The van der Waals surface area contributed by atoms with Gasteiger partial charge in [0.2, 0.25) is 0 Å². The number of rotatable bonds is 5. The van der Waals surface area contributed by atoms with Gasteiger partial charge in [0.1, 0.15) is 11.3 Å². The van der Waals surface area contributed by atoms with E-state index in [1.165, 1.54) is 16.9 Å². The fourth-order valence-electron chi connectivity index (χ4n) is 1.56. The number of fused-ring (bicyclic) bond motifs is 1. The molecule has 2 rings (SSSR count). The van der Waals surface area contributed by atoms with Gasteiger partial charge in [0.25, 0.3) is 0 Å². The van der Waals surface area contributed by atoms with Crippen molar-refractivity contribution in [3.8, 4) is 5.75 Å². The molecule has 0 amide bonds. The molecule has 0 aliphatic heterocycles. The number of ether oxygens (including phenoxy) is 2. The summed E-state index contributed by atoms with van der Waals surface area (Å²) in [6.45, 7) is 1.58. The van der Waals surface area contributed by atoms with Crippen molar-refractivity contribution < 1.29 is 24.2 Å². The average molecular weight is 264 g/mol. The van der Waals surface area contributed by atoms with Crippen LogP contribution in [0, 0.1) is 0 Å². The second-order valence-electron chi connectivity index (χ2n) is 3.66. The van der Waals surface area contributed by atoms with Gasteiger partial charge in [-0.25, -0.2) is 14.1 Å². The Morgan fingerprint density at radius 3 is 2.89 bits per heavy atom. The van der Waals surface area contributed by atoms with Crippen LogP contribution in [-0.2, 0) is 9.53 Å². The lowest BCUT2D eigenvalue weighted by atomic mass is 10.2. The number of carboxylic acid groups (broad SMARTS) is 1. The molecule has 0 aromatic carbocycles. The van der Waals surface area contributed by atoms with Crippen molar-refractivity contribution in [2.24, 2.45) is 0 Å². The van der Waals surface area contributed by atoms with Crippen LogP contribution >= 0.6 is 0 Å². The molecule has 0 radical (unpaired) electrons. The monoisotopic (exact) mass is 264 g/mol. The first-order valence-corrected chi connectivity index (χ1v) is 5.61. The van der Waals surface area contributed by atoms with Gasteiger partial charge in [-0.05, 0) is 19.1 Å². The molecule has 2 aromatic rings. The van der Waals surface area contributed by atoms with Crippen molar-refractivity contribution in [3.05, 3.63) is 30.1 Å². The number of nitrogens with zero attached hydrogens (tertiary/aromatic N) is 2. The van der Waals surface area contributed by atoms with Gasteiger partial charge in [-0.3, -0.25) is 0 Å². The van der Waals surface area contributed by atoms with Crippen molar-refractivity contribution in [1.82, 2.24) is 9.61 Å². The summed E-state index contributed by atoms with van der Waals surface area (Å²) < 4.78 is 11.4. The highest BCUT2D eigenvalue weighted by atomic mass is 16.5. The number of carbonyl (C=O) groups is 2. The highest BCUT2D eigenvalue weighted by molar-refractivity contribution is 5.96. The number of hydrogen-bond acceptors (Lipinski definition) is 5. The SMILES string of the molecule is CCOC(=O)c1cnn2cc(OCC(=O)O)ccc12. The van der Waals surface area contributed by atoms with Gasteiger partial charge >= 0.3 is 11.9 Å². The van der Waals surface area contributed by atoms with Crippen LogP contribution in [0.3, 0.4) is 0 Å². The van der Waals surface area contributed by atoms with E-state index in [9.17, 15) is 9.59 Å². The van der Waals surface area contributed by atoms with E-state index in [-0.39, 0.29) is 6.61 Å². The minimum atomic E-state index is -1.06. The first-order chi connectivity index (χ1) is 9.11. The van der Waals surface area contributed by atoms with E-state index < -0.39 is 18.5 Å². The zero-order valence-corrected chi connectivity index (χ0v) is 10.2. The molecule has 1 N–H and O–H groups in total. The van der Waals surface area contributed by atoms with Gasteiger partial charge in [0, 0.05) is 0 Å². The lowest BCUT2D eigenvalue weighted by molar-refractivity contribution is -0.139. The predicted octanol–water partition coefficient (Wildman–Crippen LogP) is 0.974. The maximum Gasteiger partial charge on any atom is 0.341 e. The smallest absolute Gasteiger partial charge is 0.341 e. The Balaban J connectivity index is 2.26. The third kappa shape index (κ3) is 2.82. The molecule has 19 heavy (non-hydrogen) atoms. The summed E-state index contributed by atoms with van der Waals surface area (Å²) in [7, 11) is 0. The highest BCUT2D eigenvalue weighted by Crippen LogP contribution is 2.17. The molecule has 7 heteroatoms. The molecule has 100 valence electrons. The van der Waals surface area contributed by atoms with Crippen LogP contribution in [0.25, 0.3) is 5.52 Å². The lowest BCUT2D eigenvalue weighted by Crippen LogP contribution is -2.09. The van der Waals surface area contributed by atoms with Crippen molar-refractivity contribution in [2.75, 3.05) is 13.2 Å². The van der Waals surface area contributed by atoms with Crippen LogP contribution in [0.15, 0.2) is 24.5 Å². The summed E-state index contributed by atoms with van der Waals surface area (Å²) in [5.74, 6) is -1.15. The number of pyridine rings is 1. The average Bonchev–Trinajstić information content (AvgIpc) is 2.79. The third-order valence-corrected chi connectivity index (χ3v) is 2.35. The van der Waals surface area contributed by atoms with Gasteiger partial charge in [-0.15, -0.1) is 0 Å². The molecular weight excluding hydrogens is 252 g/mol. The minimum Gasteiger partial charge on any atom is -0.480 e. The number of hydrogen-bond donors (Lipinski definition) is 1. The Morgan fingerprint density at radius 2 is 2.21 bits per heavy atom. The molecule has 7 nitrogen and oxygen atoms in total. The van der Waals surface area contributed by atoms with E-state index in [0.717, 1.165) is 0 Å². The first kappa shape index (κ1) is 12.9. The Morgan fingerprint density at radius 1 is 1.42 bits per heavy atom. The molecule has 0 spiro atoms. The Bertz CT molecular complexity index is 620. The van der Waals surface area contributed by atoms with Crippen molar-refractivity contribution in [1.29, 1.82) is 0 Å². The van der Waals surface area contributed by atoms with Gasteiger partial charge < -0.3 is 14.6 Å². The molecule has 0 unspecified atom stereocenters. The van der Waals surface area contributed by atoms with Gasteiger partial charge in [-0.1, -0.05) is 0 Å². The standard InChI is InChI=1S/C12H12N2O5/c1-2-18-12(17)9-5-13-14-6-8(3-4-10(9)14)19-7-11(15)16/h3-6H,2,7H2,1H3,(H,15,16). The van der Waals surface area contributed by atoms with E-state index >= 15 is 0 Å². The molecular formula is C12H12N2O5. The van der Waals surface area contributed by atoms with Crippen LogP contribution in [0.5, 0.6) is 5.75 Å². The molecule has 0 bridgehead atoms. The van der Waals surface area contributed by atoms with Crippen LogP contribution in [0.4, 0.5) is 0 Å². The molecule has 0 atom stereocenters. The van der Waals surface area contributed by atoms with E-state index in [4.69, 9.17) is 14.6 Å². The molecule has 0 fully saturated rings. The third-order valence-electron chi connectivity index (χ3n) is 2.35. The normalized spacial score (nSPS) is 10.4. The number of aliphatic carboxylic acids is 1. The van der Waals surface area contributed by atoms with Crippen molar-refractivity contribution in [2.45, 2.75) is 6.92 Å². The molecule has 0 aliphatic rings. The largest absolute Gasteiger partial charge is 0.480 e. The minimum absolute atomic E-state index is 0.288. The number of carboxylic acids is 1. The Kier molecular flexibility index (Phi) is 3.65. The quantitative estimate of drug-likeness (QED) is 0.809. The summed E-state index contributed by atoms with van der Waals surface area (Å²) in [6, 6.07) is 3.19. The van der Waals surface area contributed by atoms with Crippen molar-refractivity contribution >= 4 is 17.5 Å². The zero-order chi connectivity index (χ0) is 13.8. The zero-order valence-electron chi connectivity index (χ0n) is 10.2. The second-order valence-corrected chi connectivity index (χ2v) is 3.66. The van der Waals surface area contributed by atoms with Gasteiger partial charge in [0.05, 0.1) is 24.5 Å². The molecule has 0 aliphatic carbocycles. The number of aromatic nitrogens is 2. The van der Waals surface area contributed by atoms with E-state index in [0.29, 0.717) is 16.8 Å². The van der Waals surface area contributed by atoms with E-state index in [1.807, 2.05) is 0 Å². The Hall–Kier alpha value is -2.57. The predicted molar refractivity (Wildman–Crippen MR) is 64.3 cm³/mol. The molecule has 2 heterocycles. The summed E-state index contributed by atoms with van der Waals surface area (Å²) >= 11 is 0. The second kappa shape index (κ2) is 5.38. The Labute approximate surface area is 108 Å². The summed E-state index contributed by atoms with van der Waals surface area (Å²) in [6.07, 6.45) is 2.90. The van der Waals surface area contributed by atoms with Gasteiger partial charge in [-0.2, -0.15) is 5.10 Å². The van der Waals surface area contributed by atoms with Crippen molar-refractivity contribution in [3.63, 3.8) is 0 Å². The van der Waals surface area contributed by atoms with Crippen LogP contribution in [0.1, 0.15) is 17.3 Å². The summed E-state index contributed by atoms with van der Waals surface area (Å²) in [5, 5.41) is 12.5. The van der Waals surface area contributed by atoms with Crippen LogP contribution in [-0.4, -0.2) is 39.9 Å². The number of esters is 1. The first-order valence-electron chi connectivity index (χ1n) is 5.61. The summed E-state index contributed by atoms with van der Waals surface area (Å²) in [4.78, 5) is 22.0. The van der Waals surface area contributed by atoms with E-state index in [2.05, 4.69) is 5.10 Å². The van der Waals surface area contributed by atoms with Crippen LogP contribution in [0.2, 0.25) is 0 Å². The lowest BCUT2D eigenvalue weighted by Gasteiger charge is -2.04. The maximum atomic E-state index is 11.6. The summed E-state index contributed by atoms with van der Waals surface area (Å²) in [5.41, 5.74) is 0.924. The highest BCUT2D eigenvalue weighted by Gasteiger charge is 2.14.